The maximum absolute atomic E-state index is 14.1. The Morgan fingerprint density at radius 1 is 1.62 bits per heavy atom. The molecule has 1 aliphatic rings. The van der Waals surface area contributed by atoms with Gasteiger partial charge in [-0.25, -0.2) is 4.39 Å². The number of hydrogen-bond donors (Lipinski definition) is 1. The maximum atomic E-state index is 14.1. The van der Waals surface area contributed by atoms with Gasteiger partial charge in [-0.05, 0) is 40.4 Å². The number of nitrogens with zero attached hydrogens (tertiary/aromatic N) is 1. The second-order valence-electron chi connectivity index (χ2n) is 4.41. The molecule has 1 fully saturated rings. The van der Waals surface area contributed by atoms with E-state index in [1.54, 1.807) is 6.92 Å². The summed E-state index contributed by atoms with van der Waals surface area (Å²) in [6, 6.07) is 0. The summed E-state index contributed by atoms with van der Waals surface area (Å²) in [6.07, 6.45) is 2.16. The average Bonchev–Trinajstić information content (AvgIpc) is 2.04. The highest BCUT2D eigenvalue weighted by atomic mass is 19.1. The average molecular weight is 188 g/mol. The summed E-state index contributed by atoms with van der Waals surface area (Å²) in [5.41, 5.74) is -1.05. The highest BCUT2D eigenvalue weighted by molar-refractivity contribution is 4.88. The molecule has 0 radical (unpaired) electrons. The minimum Gasteiger partial charge on any atom is -0.317 e. The van der Waals surface area contributed by atoms with Crippen LogP contribution in [0.1, 0.15) is 19.8 Å². The van der Waals surface area contributed by atoms with Gasteiger partial charge in [-0.2, -0.15) is 0 Å². The molecule has 1 N–H and O–H groups in total. The Bertz CT molecular complexity index is 159. The van der Waals surface area contributed by atoms with Gasteiger partial charge in [-0.1, -0.05) is 0 Å². The van der Waals surface area contributed by atoms with E-state index in [0.29, 0.717) is 6.54 Å². The smallest absolute Gasteiger partial charge is 0.124 e. The van der Waals surface area contributed by atoms with Crippen LogP contribution in [0, 0.1) is 5.92 Å². The van der Waals surface area contributed by atoms with Crippen LogP contribution in [0.25, 0.3) is 0 Å². The van der Waals surface area contributed by atoms with Gasteiger partial charge < -0.3 is 10.2 Å². The van der Waals surface area contributed by atoms with E-state index in [2.05, 4.69) is 17.3 Å². The van der Waals surface area contributed by atoms with Gasteiger partial charge in [-0.15, -0.1) is 0 Å². The molecular weight excluding hydrogens is 167 g/mol. The summed E-state index contributed by atoms with van der Waals surface area (Å²) < 4.78 is 14.1. The van der Waals surface area contributed by atoms with E-state index in [0.717, 1.165) is 25.9 Å². The van der Waals surface area contributed by atoms with Crippen molar-refractivity contribution in [3.63, 3.8) is 0 Å². The van der Waals surface area contributed by atoms with Crippen LogP contribution in [-0.2, 0) is 0 Å². The number of nitrogens with one attached hydrogen (secondary N) is 1. The molecule has 0 bridgehead atoms. The van der Waals surface area contributed by atoms with E-state index in [1.165, 1.54) is 0 Å². The number of rotatable bonds is 3. The van der Waals surface area contributed by atoms with Crippen LogP contribution in [0.5, 0.6) is 0 Å². The summed E-state index contributed by atoms with van der Waals surface area (Å²) in [5.74, 6) is 0.193. The molecule has 0 spiro atoms. The largest absolute Gasteiger partial charge is 0.317 e. The van der Waals surface area contributed by atoms with Crippen LogP contribution in [0.4, 0.5) is 4.39 Å². The molecule has 0 amide bonds. The molecule has 2 atom stereocenters. The molecular formula is C10H21FN2. The third-order valence-electron chi connectivity index (χ3n) is 3.00. The molecule has 0 saturated carbocycles. The highest BCUT2D eigenvalue weighted by Crippen LogP contribution is 2.29. The standard InChI is InChI=1S/C10H21FN2/c1-10(11,8-12-2)9-5-4-6-13(3)7-9/h9,12H,4-8H2,1-3H3. The predicted octanol–water partition coefficient (Wildman–Crippen LogP) is 1.28. The van der Waals surface area contributed by atoms with Crippen LogP contribution in [0.3, 0.4) is 0 Å². The van der Waals surface area contributed by atoms with E-state index in [1.807, 2.05) is 7.05 Å². The van der Waals surface area contributed by atoms with Crippen molar-refractivity contribution in [3.8, 4) is 0 Å². The Labute approximate surface area is 80.5 Å². The topological polar surface area (TPSA) is 15.3 Å². The third kappa shape index (κ3) is 2.92. The molecule has 0 aromatic rings. The van der Waals surface area contributed by atoms with Gasteiger partial charge >= 0.3 is 0 Å². The summed E-state index contributed by atoms with van der Waals surface area (Å²) in [4.78, 5) is 2.22. The monoisotopic (exact) mass is 188 g/mol. The van der Waals surface area contributed by atoms with Crippen LogP contribution in [0.15, 0.2) is 0 Å². The number of likely N-dealkylation sites (tertiary alicyclic amines) is 1. The van der Waals surface area contributed by atoms with Crippen molar-refractivity contribution in [2.24, 2.45) is 5.92 Å². The normalized spacial score (nSPS) is 30.0. The van der Waals surface area contributed by atoms with Crippen molar-refractivity contribution in [2.45, 2.75) is 25.4 Å². The first-order chi connectivity index (χ1) is 6.06. The maximum Gasteiger partial charge on any atom is 0.124 e. The number of piperidine rings is 1. The van der Waals surface area contributed by atoms with Crippen molar-refractivity contribution in [3.05, 3.63) is 0 Å². The SMILES string of the molecule is CNCC(C)(F)C1CCCN(C)C1. The molecule has 1 saturated heterocycles. The van der Waals surface area contributed by atoms with Crippen molar-refractivity contribution < 1.29 is 4.39 Å². The fourth-order valence-corrected chi connectivity index (χ4v) is 2.15. The lowest BCUT2D eigenvalue weighted by Crippen LogP contribution is -2.46. The summed E-state index contributed by atoms with van der Waals surface area (Å²) in [5, 5.41) is 2.93. The first kappa shape index (κ1) is 10.9. The molecule has 13 heavy (non-hydrogen) atoms. The van der Waals surface area contributed by atoms with E-state index >= 15 is 0 Å². The van der Waals surface area contributed by atoms with E-state index in [9.17, 15) is 4.39 Å². The molecule has 78 valence electrons. The minimum atomic E-state index is -1.05. The molecule has 2 nitrogen and oxygen atoms in total. The zero-order chi connectivity index (χ0) is 9.90. The molecule has 1 heterocycles. The number of halogens is 1. The van der Waals surface area contributed by atoms with Gasteiger partial charge in [0.15, 0.2) is 0 Å². The Morgan fingerprint density at radius 3 is 2.85 bits per heavy atom. The van der Waals surface area contributed by atoms with Crippen molar-refractivity contribution in [1.82, 2.24) is 10.2 Å². The van der Waals surface area contributed by atoms with Gasteiger partial charge in [0.25, 0.3) is 0 Å². The second kappa shape index (κ2) is 4.38. The van der Waals surface area contributed by atoms with Crippen LogP contribution < -0.4 is 5.32 Å². The zero-order valence-electron chi connectivity index (χ0n) is 8.94. The minimum absolute atomic E-state index is 0.193. The fourth-order valence-electron chi connectivity index (χ4n) is 2.15. The molecule has 1 rings (SSSR count). The van der Waals surface area contributed by atoms with Crippen molar-refractivity contribution in [2.75, 3.05) is 33.7 Å². The summed E-state index contributed by atoms with van der Waals surface area (Å²) in [7, 11) is 3.88. The quantitative estimate of drug-likeness (QED) is 0.717. The molecule has 0 aliphatic carbocycles. The molecule has 0 aromatic heterocycles. The van der Waals surface area contributed by atoms with Gasteiger partial charge in [0.1, 0.15) is 5.67 Å². The Kier molecular flexibility index (Phi) is 3.68. The number of hydrogen-bond acceptors (Lipinski definition) is 2. The van der Waals surface area contributed by atoms with Crippen molar-refractivity contribution >= 4 is 0 Å². The highest BCUT2D eigenvalue weighted by Gasteiger charge is 2.35. The predicted molar refractivity (Wildman–Crippen MR) is 53.7 cm³/mol. The van der Waals surface area contributed by atoms with Crippen molar-refractivity contribution in [1.29, 1.82) is 0 Å². The van der Waals surface area contributed by atoms with Gasteiger partial charge in [0, 0.05) is 19.0 Å². The van der Waals surface area contributed by atoms with E-state index in [4.69, 9.17) is 0 Å². The lowest BCUT2D eigenvalue weighted by Gasteiger charge is -2.37. The molecule has 0 aromatic carbocycles. The summed E-state index contributed by atoms with van der Waals surface area (Å²) in [6.45, 7) is 4.19. The first-order valence-corrected chi connectivity index (χ1v) is 5.08. The lowest BCUT2D eigenvalue weighted by atomic mass is 9.84. The van der Waals surface area contributed by atoms with Crippen LogP contribution in [-0.4, -0.2) is 44.3 Å². The van der Waals surface area contributed by atoms with Gasteiger partial charge in [0.2, 0.25) is 0 Å². The van der Waals surface area contributed by atoms with Gasteiger partial charge in [-0.3, -0.25) is 0 Å². The Morgan fingerprint density at radius 2 is 2.31 bits per heavy atom. The van der Waals surface area contributed by atoms with Gasteiger partial charge in [0.05, 0.1) is 0 Å². The molecule has 3 heteroatoms. The number of alkyl halides is 1. The second-order valence-corrected chi connectivity index (χ2v) is 4.41. The Hall–Kier alpha value is -0.150. The molecule has 2 unspecified atom stereocenters. The van der Waals surface area contributed by atoms with Crippen LogP contribution >= 0.6 is 0 Å². The van der Waals surface area contributed by atoms with Crippen LogP contribution in [0.2, 0.25) is 0 Å². The molecule has 1 aliphatic heterocycles. The zero-order valence-corrected chi connectivity index (χ0v) is 8.94. The van der Waals surface area contributed by atoms with E-state index in [-0.39, 0.29) is 5.92 Å². The first-order valence-electron chi connectivity index (χ1n) is 5.08. The Balaban J connectivity index is 2.48. The fraction of sp³-hybridized carbons (Fsp3) is 1.00. The third-order valence-corrected chi connectivity index (χ3v) is 3.00. The summed E-state index contributed by atoms with van der Waals surface area (Å²) >= 11 is 0. The van der Waals surface area contributed by atoms with E-state index < -0.39 is 5.67 Å². The lowest BCUT2D eigenvalue weighted by molar-refractivity contribution is 0.0494.